The van der Waals surface area contributed by atoms with E-state index < -0.39 is 71.5 Å². The number of nitrogens with zero attached hydrogens (tertiary/aromatic N) is 4. The number of imidazole rings is 1. The second kappa shape index (κ2) is 16.2. The summed E-state index contributed by atoms with van der Waals surface area (Å²) in [5.74, 6) is 1.37. The minimum atomic E-state index is -0.694. The number of pyridine rings is 1. The van der Waals surface area contributed by atoms with Gasteiger partial charge in [0, 0.05) is 34.3 Å². The van der Waals surface area contributed by atoms with Crippen molar-refractivity contribution in [1.82, 2.24) is 18.7 Å². The number of ether oxygens (including phenoxy) is 1. The Labute approximate surface area is 396 Å². The van der Waals surface area contributed by atoms with E-state index in [0.717, 1.165) is 38.8 Å². The van der Waals surface area contributed by atoms with E-state index in [4.69, 9.17) is 23.4 Å². The number of rotatable bonds is 7. The van der Waals surface area contributed by atoms with Crippen LogP contribution < -0.4 is 10.4 Å². The zero-order valence-corrected chi connectivity index (χ0v) is 37.6. The Morgan fingerprint density at radius 1 is 0.571 bits per heavy atom. The van der Waals surface area contributed by atoms with Gasteiger partial charge in [0.05, 0.1) is 30.4 Å². The Morgan fingerprint density at radius 3 is 1.81 bits per heavy atom. The first-order valence-electron chi connectivity index (χ1n) is 25.3. The quantitative estimate of drug-likeness (QED) is 0.150. The maximum atomic E-state index is 15.7. The molecule has 0 aliphatic heterocycles. The number of aromatic nitrogens is 4. The summed E-state index contributed by atoms with van der Waals surface area (Å²) in [6, 6.07) is 32.0. The summed E-state index contributed by atoms with van der Waals surface area (Å²) in [7, 11) is 0. The Bertz CT molecular complexity index is 3840. The number of para-hydroxylation sites is 4. The van der Waals surface area contributed by atoms with Gasteiger partial charge < -0.3 is 9.30 Å². The fourth-order valence-electron chi connectivity index (χ4n) is 7.99. The number of fused-ring (bicyclic) bond motifs is 4. The van der Waals surface area contributed by atoms with E-state index in [2.05, 4.69) is 49.6 Å². The van der Waals surface area contributed by atoms with Crippen molar-refractivity contribution in [2.24, 2.45) is 0 Å². The van der Waals surface area contributed by atoms with Crippen LogP contribution in [0.2, 0.25) is 0 Å². The monoisotopic (exact) mass is 1010 g/mol. The summed E-state index contributed by atoms with van der Waals surface area (Å²) in [5.41, 5.74) is 2.62. The second-order valence-electron chi connectivity index (χ2n) is 17.2. The van der Waals surface area contributed by atoms with E-state index in [9.17, 15) is 0 Å². The molecule has 3 heterocycles. The molecule has 0 atom stereocenters. The van der Waals surface area contributed by atoms with Crippen molar-refractivity contribution >= 4 is 32.8 Å². The van der Waals surface area contributed by atoms with Gasteiger partial charge in [0.2, 0.25) is 0 Å². The molecule has 10 aromatic rings. The topological polar surface area (TPSA) is 54.0 Å². The van der Waals surface area contributed by atoms with Gasteiger partial charge in [-0.1, -0.05) is 162 Å². The van der Waals surface area contributed by atoms with Crippen molar-refractivity contribution in [2.45, 2.75) is 52.4 Å². The van der Waals surface area contributed by atoms with Crippen LogP contribution in [0, 0.1) is 12.1 Å². The van der Waals surface area contributed by atoms with Gasteiger partial charge in [-0.2, -0.15) is 6.07 Å². The number of hydrogen-bond acceptors (Lipinski definition) is 3. The predicted octanol–water partition coefficient (Wildman–Crippen LogP) is 13.6. The molecule has 0 unspecified atom stereocenters. The minimum absolute atomic E-state index is 0. The van der Waals surface area contributed by atoms with Gasteiger partial charge in [0.1, 0.15) is 5.82 Å². The molecule has 10 rings (SSSR count). The van der Waals surface area contributed by atoms with Gasteiger partial charge in [-0.05, 0) is 63.2 Å². The van der Waals surface area contributed by atoms with Crippen LogP contribution in [-0.4, -0.2) is 18.7 Å². The average Bonchev–Trinajstić information content (AvgIpc) is 3.84. The van der Waals surface area contributed by atoms with Crippen LogP contribution in [0.4, 0.5) is 0 Å². The molecule has 6 nitrogen and oxygen atoms in total. The summed E-state index contributed by atoms with van der Waals surface area (Å²) in [4.78, 5) is 20.6. The van der Waals surface area contributed by atoms with E-state index >= 15 is 4.79 Å². The zero-order chi connectivity index (χ0) is 51.5. The zero-order valence-electron chi connectivity index (χ0n) is 45.3. The molecule has 0 amide bonds. The first kappa shape index (κ1) is 31.1. The molecule has 0 fully saturated rings. The van der Waals surface area contributed by atoms with Gasteiger partial charge in [0.25, 0.3) is 0 Å². The van der Waals surface area contributed by atoms with Gasteiger partial charge in [-0.25, -0.2) is 9.78 Å². The maximum absolute atomic E-state index is 15.7. The summed E-state index contributed by atoms with van der Waals surface area (Å²) >= 11 is 0. The number of benzene rings is 7. The van der Waals surface area contributed by atoms with Crippen molar-refractivity contribution in [3.8, 4) is 50.9 Å². The predicted molar refractivity (Wildman–Crippen MR) is 253 cm³/mol. The Kier molecular flexibility index (Phi) is 8.00. The molecule has 0 saturated carbocycles. The average molecular weight is 1010 g/mol. The molecule has 0 radical (unpaired) electrons. The summed E-state index contributed by atoms with van der Waals surface area (Å²) < 4.78 is 98.8. The second-order valence-corrected chi connectivity index (χ2v) is 17.2. The van der Waals surface area contributed by atoms with Crippen LogP contribution in [0.1, 0.15) is 66.4 Å². The third-order valence-electron chi connectivity index (χ3n) is 11.1. The third-order valence-corrected chi connectivity index (χ3v) is 11.1. The summed E-state index contributed by atoms with van der Waals surface area (Å²) in [6.07, 6.45) is 1.81. The maximum Gasteiger partial charge on any atom is 2.00 e. The SMILES string of the molecule is [2H]c1c([2H])c([2H])c(-c2cccc(-c3c([2H])c([2H])c([2H])c([2H])c3[2H])c2-n2c(=O)n(-c3[c-]c(Oc4[c-]c5c(cc4)c4ccccc4n5-c4cc(C(C)(C)C)ccn4)cc(C(C)(C)C)c3)c3ccccc32)c([2H])c1[2H].[Pt+2]. The van der Waals surface area contributed by atoms with Crippen molar-refractivity contribution in [2.75, 3.05) is 0 Å². The first-order valence-corrected chi connectivity index (χ1v) is 20.3. The molecule has 312 valence electrons. The molecule has 0 N–H and O–H groups in total. The molecule has 7 heteroatoms. The smallest absolute Gasteiger partial charge is 0.509 e. The summed E-state index contributed by atoms with van der Waals surface area (Å²) in [6.45, 7) is 12.6. The molecular formula is C56H46N4O2Pt. The van der Waals surface area contributed by atoms with Gasteiger partial charge in [-0.15, -0.1) is 41.3 Å². The van der Waals surface area contributed by atoms with E-state index in [-0.39, 0.29) is 65.9 Å². The minimum Gasteiger partial charge on any atom is -0.509 e. The molecule has 0 bridgehead atoms. The van der Waals surface area contributed by atoms with Crippen LogP contribution in [0.3, 0.4) is 0 Å². The van der Waals surface area contributed by atoms with E-state index in [1.807, 2.05) is 75.5 Å². The fraction of sp³-hybridized carbons (Fsp3) is 0.143. The van der Waals surface area contributed by atoms with Gasteiger partial charge >= 0.3 is 26.8 Å². The molecule has 0 spiro atoms. The van der Waals surface area contributed by atoms with Crippen molar-refractivity contribution in [3.05, 3.63) is 203 Å². The summed E-state index contributed by atoms with van der Waals surface area (Å²) in [5, 5.41) is 1.96. The van der Waals surface area contributed by atoms with Crippen molar-refractivity contribution in [3.63, 3.8) is 0 Å². The molecule has 0 aliphatic rings. The molecule has 3 aromatic heterocycles. The Hall–Kier alpha value is -6.75. The standard InChI is InChI=1S/C56H46N4O2.Pt/c1-55(2,3)39-30-31-57-52(34-39)59-48-25-14-13-22-46(48)47-29-28-42(36-51(47)59)62-43-33-40(56(4,5)6)32-41(35-43)58-49-26-15-16-27-50(49)60(54(58)61)53-44(37-18-9-7-10-19-37)23-17-24-45(53)38-20-11-8-12-21-38;/h7-34H,1-6H3;/q-2;+2/i7D,8D,9D,10D,11D,12D,18D,19D,20D,21D;. The molecule has 63 heavy (non-hydrogen) atoms. The van der Waals surface area contributed by atoms with Crippen LogP contribution in [0.15, 0.2) is 175 Å². The first-order chi connectivity index (χ1) is 34.1. The van der Waals surface area contributed by atoms with E-state index in [0.29, 0.717) is 16.8 Å². The molecule has 0 saturated heterocycles. The van der Waals surface area contributed by atoms with E-state index in [1.54, 1.807) is 24.3 Å². The third kappa shape index (κ3) is 7.53. The fourth-order valence-corrected chi connectivity index (χ4v) is 7.99. The molecule has 7 aromatic carbocycles. The van der Waals surface area contributed by atoms with Crippen LogP contribution in [-0.2, 0) is 31.9 Å². The Morgan fingerprint density at radius 2 is 1.17 bits per heavy atom. The normalized spacial score (nSPS) is 14.1. The molecule has 0 aliphatic carbocycles. The van der Waals surface area contributed by atoms with E-state index in [1.165, 1.54) is 27.3 Å². The van der Waals surface area contributed by atoms with Gasteiger partial charge in [-0.3, -0.25) is 9.13 Å². The number of hydrogen-bond donors (Lipinski definition) is 0. The Balaban J connectivity index is 0.00000656. The van der Waals surface area contributed by atoms with Crippen LogP contribution >= 0.6 is 0 Å². The molecular weight excluding hydrogens is 956 g/mol. The van der Waals surface area contributed by atoms with Gasteiger partial charge in [0.15, 0.2) is 0 Å². The van der Waals surface area contributed by atoms with Crippen LogP contribution in [0.25, 0.3) is 72.3 Å². The van der Waals surface area contributed by atoms with Crippen LogP contribution in [0.5, 0.6) is 11.5 Å². The van der Waals surface area contributed by atoms with Crippen molar-refractivity contribution < 1.29 is 39.5 Å². The van der Waals surface area contributed by atoms with Crippen molar-refractivity contribution in [1.29, 1.82) is 0 Å². The largest absolute Gasteiger partial charge is 2.00 e.